The highest BCUT2D eigenvalue weighted by atomic mass is 35.5. The lowest BCUT2D eigenvalue weighted by Gasteiger charge is -2.09. The van der Waals surface area contributed by atoms with Gasteiger partial charge in [0.15, 0.2) is 0 Å². The summed E-state index contributed by atoms with van der Waals surface area (Å²) in [5, 5.41) is 7.14. The van der Waals surface area contributed by atoms with Gasteiger partial charge >= 0.3 is 0 Å². The lowest BCUT2D eigenvalue weighted by molar-refractivity contribution is -0.113. The summed E-state index contributed by atoms with van der Waals surface area (Å²) in [4.78, 5) is 25.4. The number of carbonyl (C=O) groups excluding carboxylic acids is 2. The third-order valence-electron chi connectivity index (χ3n) is 3.86. The van der Waals surface area contributed by atoms with E-state index < -0.39 is 0 Å². The van der Waals surface area contributed by atoms with Crippen molar-refractivity contribution in [1.29, 1.82) is 0 Å². The van der Waals surface area contributed by atoms with Gasteiger partial charge in [-0.1, -0.05) is 46.4 Å². The molecule has 154 valence electrons. The Morgan fingerprint density at radius 2 is 1.43 bits per heavy atom. The van der Waals surface area contributed by atoms with Crippen LogP contribution >= 0.6 is 58.2 Å². The van der Waals surface area contributed by atoms with E-state index in [1.54, 1.807) is 42.5 Å². The number of halogens is 4. The summed E-state index contributed by atoms with van der Waals surface area (Å²) in [5.74, 6) is -0.358. The van der Waals surface area contributed by atoms with Crippen molar-refractivity contribution >= 4 is 81.4 Å². The molecule has 2 amide bonds. The largest absolute Gasteiger partial charge is 0.324 e. The average Bonchev–Trinajstić information content (AvgIpc) is 2.70. The predicted octanol–water partition coefficient (Wildman–Crippen LogP) is 7.28. The number of rotatable bonds is 6. The van der Waals surface area contributed by atoms with Gasteiger partial charge < -0.3 is 10.6 Å². The van der Waals surface area contributed by atoms with Gasteiger partial charge in [0, 0.05) is 20.6 Å². The zero-order valence-electron chi connectivity index (χ0n) is 15.2. The number of amides is 2. The van der Waals surface area contributed by atoms with Crippen LogP contribution in [0, 0.1) is 0 Å². The van der Waals surface area contributed by atoms with Crippen LogP contribution in [-0.4, -0.2) is 17.6 Å². The Kier molecular flexibility index (Phi) is 7.92. The number of anilines is 2. The van der Waals surface area contributed by atoms with Crippen LogP contribution in [-0.2, 0) is 4.79 Å². The lowest BCUT2D eigenvalue weighted by Crippen LogP contribution is -2.14. The van der Waals surface area contributed by atoms with Crippen molar-refractivity contribution in [2.75, 3.05) is 16.4 Å². The van der Waals surface area contributed by atoms with Gasteiger partial charge in [0.05, 0.1) is 27.0 Å². The minimum atomic E-state index is -0.338. The molecule has 0 heterocycles. The van der Waals surface area contributed by atoms with Gasteiger partial charge in [-0.25, -0.2) is 0 Å². The van der Waals surface area contributed by atoms with Gasteiger partial charge in [0.25, 0.3) is 5.91 Å². The molecule has 0 saturated heterocycles. The summed E-state index contributed by atoms with van der Waals surface area (Å²) in [6, 6.07) is 16.7. The first-order chi connectivity index (χ1) is 14.3. The molecule has 0 aliphatic rings. The standard InChI is InChI=1S/C21H14Cl4N2O2S/c22-12-1-7-16(18(25)9-12)21(29)26-14-3-5-15(6-4-14)30-11-20(28)27-19-10-13(23)2-8-17(19)24/h1-10H,11H2,(H,26,29)(H,27,28). The van der Waals surface area contributed by atoms with Gasteiger partial charge in [-0.05, 0) is 60.7 Å². The van der Waals surface area contributed by atoms with E-state index in [0.717, 1.165) is 4.90 Å². The van der Waals surface area contributed by atoms with Gasteiger partial charge in [-0.15, -0.1) is 11.8 Å². The first kappa shape index (κ1) is 22.8. The van der Waals surface area contributed by atoms with Crippen LogP contribution in [0.25, 0.3) is 0 Å². The summed E-state index contributed by atoms with van der Waals surface area (Å²) in [5.41, 5.74) is 1.40. The number of hydrogen-bond acceptors (Lipinski definition) is 3. The highest BCUT2D eigenvalue weighted by molar-refractivity contribution is 8.00. The van der Waals surface area contributed by atoms with Crippen molar-refractivity contribution in [2.24, 2.45) is 0 Å². The molecule has 0 bridgehead atoms. The van der Waals surface area contributed by atoms with Gasteiger partial charge in [0.2, 0.25) is 5.91 Å². The van der Waals surface area contributed by atoms with E-state index in [2.05, 4.69) is 10.6 Å². The highest BCUT2D eigenvalue weighted by Gasteiger charge is 2.11. The van der Waals surface area contributed by atoms with Crippen molar-refractivity contribution in [3.05, 3.63) is 86.3 Å². The molecule has 3 aromatic carbocycles. The number of carbonyl (C=O) groups is 2. The van der Waals surface area contributed by atoms with Crippen molar-refractivity contribution in [3.8, 4) is 0 Å². The molecule has 4 nitrogen and oxygen atoms in total. The van der Waals surface area contributed by atoms with E-state index in [-0.39, 0.29) is 22.6 Å². The van der Waals surface area contributed by atoms with Gasteiger partial charge in [-0.2, -0.15) is 0 Å². The zero-order chi connectivity index (χ0) is 21.7. The Hall–Kier alpha value is -1.89. The zero-order valence-corrected chi connectivity index (χ0v) is 19.1. The maximum absolute atomic E-state index is 12.4. The van der Waals surface area contributed by atoms with Crippen LogP contribution in [0.15, 0.2) is 65.6 Å². The predicted molar refractivity (Wildman–Crippen MR) is 127 cm³/mol. The van der Waals surface area contributed by atoms with Crippen molar-refractivity contribution in [1.82, 2.24) is 0 Å². The molecule has 2 N–H and O–H groups in total. The molecular formula is C21H14Cl4N2O2S. The Morgan fingerprint density at radius 1 is 0.767 bits per heavy atom. The Balaban J connectivity index is 1.54. The van der Waals surface area contributed by atoms with E-state index in [1.807, 2.05) is 12.1 Å². The Morgan fingerprint density at radius 3 is 2.13 bits per heavy atom. The van der Waals surface area contributed by atoms with Gasteiger partial charge in [0.1, 0.15) is 0 Å². The SMILES string of the molecule is O=C(CSc1ccc(NC(=O)c2ccc(Cl)cc2Cl)cc1)Nc1cc(Cl)ccc1Cl. The molecule has 3 aromatic rings. The third kappa shape index (κ3) is 6.30. The summed E-state index contributed by atoms with van der Waals surface area (Å²) in [6.45, 7) is 0. The summed E-state index contributed by atoms with van der Waals surface area (Å²) in [6.07, 6.45) is 0. The quantitative estimate of drug-likeness (QED) is 0.350. The Labute approximate surface area is 197 Å². The molecule has 0 aromatic heterocycles. The van der Waals surface area contributed by atoms with E-state index in [1.165, 1.54) is 17.8 Å². The molecule has 0 atom stereocenters. The van der Waals surface area contributed by atoms with Crippen LogP contribution in [0.2, 0.25) is 20.1 Å². The fourth-order valence-electron chi connectivity index (χ4n) is 2.44. The second-order valence-corrected chi connectivity index (χ2v) is 8.80. The summed E-state index contributed by atoms with van der Waals surface area (Å²) < 4.78 is 0. The molecule has 0 spiro atoms. The van der Waals surface area contributed by atoms with Crippen molar-refractivity contribution < 1.29 is 9.59 Å². The molecule has 0 saturated carbocycles. The van der Waals surface area contributed by atoms with Gasteiger partial charge in [-0.3, -0.25) is 9.59 Å². The molecular weight excluding hydrogens is 486 g/mol. The highest BCUT2D eigenvalue weighted by Crippen LogP contribution is 2.27. The fraction of sp³-hybridized carbons (Fsp3) is 0.0476. The monoisotopic (exact) mass is 498 g/mol. The summed E-state index contributed by atoms with van der Waals surface area (Å²) >= 11 is 25.2. The van der Waals surface area contributed by atoms with Crippen molar-refractivity contribution in [3.63, 3.8) is 0 Å². The number of thioether (sulfide) groups is 1. The molecule has 30 heavy (non-hydrogen) atoms. The molecule has 9 heteroatoms. The molecule has 0 aliphatic carbocycles. The molecule has 0 radical (unpaired) electrons. The van der Waals surface area contributed by atoms with Crippen LogP contribution in [0.3, 0.4) is 0 Å². The van der Waals surface area contributed by atoms with Crippen molar-refractivity contribution in [2.45, 2.75) is 4.90 Å². The molecule has 0 unspecified atom stereocenters. The average molecular weight is 500 g/mol. The lowest BCUT2D eigenvalue weighted by atomic mass is 10.2. The number of nitrogens with one attached hydrogen (secondary N) is 2. The van der Waals surface area contributed by atoms with E-state index >= 15 is 0 Å². The third-order valence-corrected chi connectivity index (χ3v) is 5.98. The second-order valence-electron chi connectivity index (χ2n) is 6.06. The molecule has 0 aliphatic heterocycles. The summed E-state index contributed by atoms with van der Waals surface area (Å²) in [7, 11) is 0. The topological polar surface area (TPSA) is 58.2 Å². The molecule has 0 fully saturated rings. The van der Waals surface area contributed by atoms with E-state index in [0.29, 0.717) is 32.0 Å². The maximum Gasteiger partial charge on any atom is 0.257 e. The number of benzene rings is 3. The first-order valence-electron chi connectivity index (χ1n) is 8.56. The fourth-order valence-corrected chi connectivity index (χ4v) is 3.96. The molecule has 3 rings (SSSR count). The Bertz CT molecular complexity index is 1090. The van der Waals surface area contributed by atoms with E-state index in [9.17, 15) is 9.59 Å². The number of hydrogen-bond donors (Lipinski definition) is 2. The van der Waals surface area contributed by atoms with Crippen LogP contribution in [0.4, 0.5) is 11.4 Å². The minimum absolute atomic E-state index is 0.189. The minimum Gasteiger partial charge on any atom is -0.324 e. The second kappa shape index (κ2) is 10.4. The maximum atomic E-state index is 12.4. The van der Waals surface area contributed by atoms with Crippen LogP contribution in [0.5, 0.6) is 0 Å². The normalized spacial score (nSPS) is 10.5. The van der Waals surface area contributed by atoms with Crippen LogP contribution in [0.1, 0.15) is 10.4 Å². The van der Waals surface area contributed by atoms with E-state index in [4.69, 9.17) is 46.4 Å². The first-order valence-corrected chi connectivity index (χ1v) is 11.1. The van der Waals surface area contributed by atoms with Crippen LogP contribution < -0.4 is 10.6 Å². The smallest absolute Gasteiger partial charge is 0.257 e.